The summed E-state index contributed by atoms with van der Waals surface area (Å²) >= 11 is 12.7. The second-order valence-corrected chi connectivity index (χ2v) is 10.2. The van der Waals surface area contributed by atoms with Crippen molar-refractivity contribution in [3.05, 3.63) is 63.8 Å². The Bertz CT molecular complexity index is 1330. The number of aromatic nitrogens is 2. The zero-order valence-corrected chi connectivity index (χ0v) is 21.2. The number of piperazine rings is 1. The molecule has 0 spiro atoms. The van der Waals surface area contributed by atoms with Gasteiger partial charge in [0.25, 0.3) is 5.91 Å². The van der Waals surface area contributed by atoms with Gasteiger partial charge < -0.3 is 15.1 Å². The van der Waals surface area contributed by atoms with Crippen molar-refractivity contribution in [3.63, 3.8) is 0 Å². The van der Waals surface area contributed by atoms with E-state index >= 15 is 0 Å². The molecule has 0 aliphatic carbocycles. The number of nitrogens with zero attached hydrogens (tertiary/aromatic N) is 6. The zero-order valence-electron chi connectivity index (χ0n) is 19.7. The van der Waals surface area contributed by atoms with Crippen molar-refractivity contribution in [1.29, 1.82) is 0 Å². The third-order valence-electron chi connectivity index (χ3n) is 7.20. The Morgan fingerprint density at radius 2 is 1.83 bits per heavy atom. The van der Waals surface area contributed by atoms with Crippen LogP contribution in [0.15, 0.2) is 42.6 Å². The number of hydrogen-bond acceptors (Lipinski definition) is 7. The third-order valence-corrected chi connectivity index (χ3v) is 7.81. The Morgan fingerprint density at radius 3 is 2.49 bits per heavy atom. The highest BCUT2D eigenvalue weighted by Crippen LogP contribution is 2.39. The van der Waals surface area contributed by atoms with Crippen molar-refractivity contribution in [1.82, 2.24) is 14.9 Å². The first-order valence-corrected chi connectivity index (χ1v) is 12.3. The molecule has 2 atom stereocenters. The van der Waals surface area contributed by atoms with E-state index in [1.807, 2.05) is 11.9 Å². The Kier molecular flexibility index (Phi) is 5.28. The minimum atomic E-state index is -0.241. The monoisotopic (exact) mass is 509 g/mol. The van der Waals surface area contributed by atoms with Gasteiger partial charge in [0.2, 0.25) is 5.95 Å². The van der Waals surface area contributed by atoms with E-state index in [1.165, 1.54) is 11.3 Å². The van der Waals surface area contributed by atoms with Crippen LogP contribution in [0.5, 0.6) is 0 Å². The summed E-state index contributed by atoms with van der Waals surface area (Å²) in [5.74, 6) is 0.750. The average Bonchev–Trinajstić information content (AvgIpc) is 2.81. The Labute approximate surface area is 214 Å². The molecule has 1 unspecified atom stereocenters. The molecule has 10 heteroatoms. The highest BCUT2D eigenvalue weighted by molar-refractivity contribution is 6.40. The standard InChI is InChI=1S/C25H25Cl2N7O/c1-14-9-15(7-8-19(14)33-12-20-21(33)11-31(20)2)29-25-28-10-16-23(30-25)32(3)13-34(24(16)35)22-17(26)5-4-6-18(22)27/h4-10,20-21H,11-13H2,1-3H3,(H,28,29,30)/t20-,21?/m0/s1. The topological polar surface area (TPSA) is 67.8 Å². The van der Waals surface area contributed by atoms with Crippen molar-refractivity contribution in [2.45, 2.75) is 19.0 Å². The van der Waals surface area contributed by atoms with Crippen LogP contribution in [-0.4, -0.2) is 66.7 Å². The van der Waals surface area contributed by atoms with Crippen LogP contribution in [0, 0.1) is 6.92 Å². The van der Waals surface area contributed by atoms with Gasteiger partial charge in [-0.15, -0.1) is 0 Å². The number of fused-ring (bicyclic) bond motifs is 2. The number of hydrogen-bond donors (Lipinski definition) is 1. The number of nitrogens with one attached hydrogen (secondary N) is 1. The smallest absolute Gasteiger partial charge is 0.265 e. The quantitative estimate of drug-likeness (QED) is 0.559. The summed E-state index contributed by atoms with van der Waals surface area (Å²) in [7, 11) is 4.06. The Morgan fingerprint density at radius 1 is 1.06 bits per heavy atom. The van der Waals surface area contributed by atoms with Gasteiger partial charge in [-0.25, -0.2) is 4.98 Å². The molecule has 3 aromatic rings. The molecular formula is C25H25Cl2N7O. The largest absolute Gasteiger partial charge is 0.364 e. The van der Waals surface area contributed by atoms with E-state index in [9.17, 15) is 4.79 Å². The molecule has 1 amide bonds. The maximum Gasteiger partial charge on any atom is 0.265 e. The van der Waals surface area contributed by atoms with Gasteiger partial charge >= 0.3 is 0 Å². The van der Waals surface area contributed by atoms with Crippen LogP contribution in [0.4, 0.5) is 28.8 Å². The van der Waals surface area contributed by atoms with E-state index in [1.54, 1.807) is 29.3 Å². The minimum absolute atomic E-state index is 0.241. The predicted octanol–water partition coefficient (Wildman–Crippen LogP) is 4.39. The number of benzene rings is 2. The highest BCUT2D eigenvalue weighted by atomic mass is 35.5. The van der Waals surface area contributed by atoms with Crippen LogP contribution in [0.1, 0.15) is 15.9 Å². The molecule has 8 nitrogen and oxygen atoms in total. The molecular weight excluding hydrogens is 485 g/mol. The van der Waals surface area contributed by atoms with Gasteiger partial charge in [-0.05, 0) is 49.9 Å². The molecule has 3 aliphatic rings. The van der Waals surface area contributed by atoms with Gasteiger partial charge in [0, 0.05) is 43.8 Å². The van der Waals surface area contributed by atoms with E-state index in [4.69, 9.17) is 23.2 Å². The van der Waals surface area contributed by atoms with Crippen molar-refractivity contribution >= 4 is 57.9 Å². The molecule has 4 heterocycles. The number of halogens is 2. The van der Waals surface area contributed by atoms with Crippen molar-refractivity contribution in [2.75, 3.05) is 53.9 Å². The van der Waals surface area contributed by atoms with Crippen LogP contribution < -0.4 is 20.0 Å². The fourth-order valence-electron chi connectivity index (χ4n) is 5.22. The highest BCUT2D eigenvalue weighted by Gasteiger charge is 2.49. The van der Waals surface area contributed by atoms with Crippen molar-refractivity contribution < 1.29 is 4.79 Å². The van der Waals surface area contributed by atoms with E-state index in [0.29, 0.717) is 45.1 Å². The molecule has 6 rings (SSSR count). The predicted molar refractivity (Wildman–Crippen MR) is 141 cm³/mol. The lowest BCUT2D eigenvalue weighted by Gasteiger charge is -2.62. The lowest BCUT2D eigenvalue weighted by molar-refractivity contribution is 0.0368. The average molecular weight is 510 g/mol. The zero-order chi connectivity index (χ0) is 24.4. The molecule has 0 bridgehead atoms. The summed E-state index contributed by atoms with van der Waals surface area (Å²) in [6, 6.07) is 12.8. The third kappa shape index (κ3) is 3.59. The van der Waals surface area contributed by atoms with Gasteiger partial charge in [-0.1, -0.05) is 29.3 Å². The molecule has 1 N–H and O–H groups in total. The molecule has 2 fully saturated rings. The number of likely N-dealkylation sites (N-methyl/N-ethyl adjacent to an activating group) is 1. The molecule has 1 aromatic heterocycles. The summed E-state index contributed by atoms with van der Waals surface area (Å²) in [5, 5.41) is 4.12. The number of anilines is 5. The second kappa shape index (κ2) is 8.26. The van der Waals surface area contributed by atoms with E-state index in [-0.39, 0.29) is 12.6 Å². The fourth-order valence-corrected chi connectivity index (χ4v) is 5.82. The van der Waals surface area contributed by atoms with Crippen LogP contribution in [0.3, 0.4) is 0 Å². The number of carbonyl (C=O) groups is 1. The van der Waals surface area contributed by atoms with Gasteiger partial charge in [0.05, 0.1) is 28.4 Å². The van der Waals surface area contributed by atoms with Crippen LogP contribution in [0.25, 0.3) is 0 Å². The number of para-hydroxylation sites is 1. The van der Waals surface area contributed by atoms with Crippen LogP contribution >= 0.6 is 23.2 Å². The van der Waals surface area contributed by atoms with E-state index < -0.39 is 0 Å². The van der Waals surface area contributed by atoms with Crippen molar-refractivity contribution in [2.24, 2.45) is 0 Å². The number of aryl methyl sites for hydroxylation is 1. The van der Waals surface area contributed by atoms with E-state index in [0.717, 1.165) is 18.8 Å². The first-order valence-electron chi connectivity index (χ1n) is 11.5. The summed E-state index contributed by atoms with van der Waals surface area (Å²) in [4.78, 5) is 30.6. The molecule has 180 valence electrons. The summed E-state index contributed by atoms with van der Waals surface area (Å²) in [6.45, 7) is 4.61. The Balaban J connectivity index is 1.22. The molecule has 0 saturated carbocycles. The molecule has 35 heavy (non-hydrogen) atoms. The van der Waals surface area contributed by atoms with Gasteiger partial charge in [0.1, 0.15) is 11.4 Å². The normalized spacial score (nSPS) is 21.3. The molecule has 3 aliphatic heterocycles. The van der Waals surface area contributed by atoms with Gasteiger partial charge in [0.15, 0.2) is 0 Å². The van der Waals surface area contributed by atoms with Gasteiger partial charge in [-0.2, -0.15) is 4.98 Å². The Hall–Kier alpha value is -3.07. The molecule has 2 aromatic carbocycles. The maximum absolute atomic E-state index is 13.3. The lowest BCUT2D eigenvalue weighted by Crippen LogP contribution is -2.78. The second-order valence-electron chi connectivity index (χ2n) is 9.43. The number of amides is 1. The number of carbonyl (C=O) groups excluding carboxylic acids is 1. The van der Waals surface area contributed by atoms with Crippen LogP contribution in [-0.2, 0) is 0 Å². The first kappa shape index (κ1) is 22.4. The summed E-state index contributed by atoms with van der Waals surface area (Å²) < 4.78 is 0. The van der Waals surface area contributed by atoms with Crippen LogP contribution in [0.2, 0.25) is 10.0 Å². The van der Waals surface area contributed by atoms with Gasteiger partial charge in [-0.3, -0.25) is 14.6 Å². The minimum Gasteiger partial charge on any atom is -0.364 e. The van der Waals surface area contributed by atoms with E-state index in [2.05, 4.69) is 57.3 Å². The first-order chi connectivity index (χ1) is 16.8. The molecule has 2 saturated heterocycles. The summed E-state index contributed by atoms with van der Waals surface area (Å²) in [5.41, 5.74) is 4.27. The summed E-state index contributed by atoms with van der Waals surface area (Å²) in [6.07, 6.45) is 1.55. The number of rotatable bonds is 4. The SMILES string of the molecule is Cc1cc(Nc2ncc3c(n2)N(C)CN(c2c(Cl)cccc2Cl)C3=O)ccc1N1C[C@H]2C1CN2C. The fraction of sp³-hybridized carbons (Fsp3) is 0.320. The van der Waals surface area contributed by atoms with Crippen molar-refractivity contribution in [3.8, 4) is 0 Å². The lowest BCUT2D eigenvalue weighted by atomic mass is 9.85. The number of likely N-dealkylation sites (tertiary alicyclic amines) is 1. The maximum atomic E-state index is 13.3. The molecule has 0 radical (unpaired) electrons.